The topological polar surface area (TPSA) is 48.3 Å². The van der Waals surface area contributed by atoms with Crippen LogP contribution in [0.4, 0.5) is 5.69 Å². The molecule has 1 atom stereocenters. The van der Waals surface area contributed by atoms with Crippen molar-refractivity contribution in [1.82, 2.24) is 5.32 Å². The highest BCUT2D eigenvalue weighted by molar-refractivity contribution is 5.50. The van der Waals surface area contributed by atoms with E-state index in [1.54, 1.807) is 7.11 Å². The molecule has 0 aliphatic carbocycles. The molecule has 4 nitrogen and oxygen atoms in total. The molecule has 1 unspecified atom stereocenters. The quantitative estimate of drug-likeness (QED) is 0.819. The van der Waals surface area contributed by atoms with E-state index in [2.05, 4.69) is 23.2 Å². The lowest BCUT2D eigenvalue weighted by Crippen LogP contribution is -2.49. The van der Waals surface area contributed by atoms with Crippen molar-refractivity contribution in [3.05, 3.63) is 24.3 Å². The summed E-state index contributed by atoms with van der Waals surface area (Å²) in [5.74, 6) is 0.824. The highest BCUT2D eigenvalue weighted by atomic mass is 16.5. The van der Waals surface area contributed by atoms with Crippen LogP contribution in [-0.2, 0) is 0 Å². The van der Waals surface area contributed by atoms with Gasteiger partial charge in [-0.15, -0.1) is 0 Å². The van der Waals surface area contributed by atoms with Gasteiger partial charge in [0.1, 0.15) is 11.3 Å². The van der Waals surface area contributed by atoms with Crippen molar-refractivity contribution in [3.63, 3.8) is 0 Å². The Balaban J connectivity index is 2.76. The molecule has 0 fully saturated rings. The second-order valence-electron chi connectivity index (χ2n) is 4.93. The monoisotopic (exact) mass is 261 g/mol. The van der Waals surface area contributed by atoms with Crippen molar-refractivity contribution < 1.29 is 4.74 Å². The van der Waals surface area contributed by atoms with Gasteiger partial charge < -0.3 is 9.64 Å². The maximum absolute atomic E-state index is 9.34. The van der Waals surface area contributed by atoms with Gasteiger partial charge in [0.15, 0.2) is 0 Å². The van der Waals surface area contributed by atoms with Crippen LogP contribution >= 0.6 is 0 Å². The van der Waals surface area contributed by atoms with Crippen LogP contribution in [0.3, 0.4) is 0 Å². The van der Waals surface area contributed by atoms with E-state index in [0.29, 0.717) is 6.54 Å². The maximum Gasteiger partial charge on any atom is 0.121 e. The van der Waals surface area contributed by atoms with E-state index >= 15 is 0 Å². The molecule has 4 heteroatoms. The molecule has 104 valence electrons. The molecule has 19 heavy (non-hydrogen) atoms. The molecular weight excluding hydrogens is 238 g/mol. The van der Waals surface area contributed by atoms with Gasteiger partial charge in [0.25, 0.3) is 0 Å². The average molecular weight is 261 g/mol. The number of anilines is 1. The van der Waals surface area contributed by atoms with Crippen molar-refractivity contribution in [1.29, 1.82) is 5.26 Å². The van der Waals surface area contributed by atoms with Crippen molar-refractivity contribution in [2.75, 3.05) is 32.1 Å². The summed E-state index contributed by atoms with van der Waals surface area (Å²) >= 11 is 0. The number of methoxy groups -OCH3 is 1. The summed E-state index contributed by atoms with van der Waals surface area (Å²) < 4.78 is 5.22. The molecule has 0 aliphatic heterocycles. The summed E-state index contributed by atoms with van der Waals surface area (Å²) in [6.07, 6.45) is 1.01. The van der Waals surface area contributed by atoms with E-state index in [1.807, 2.05) is 38.2 Å². The first-order valence-electron chi connectivity index (χ1n) is 6.56. The second-order valence-corrected chi connectivity index (χ2v) is 4.93. The highest BCUT2D eigenvalue weighted by Crippen LogP contribution is 2.21. The summed E-state index contributed by atoms with van der Waals surface area (Å²) in [5, 5.41) is 12.6. The number of hydrogen-bond donors (Lipinski definition) is 1. The Kier molecular flexibility index (Phi) is 5.65. The Bertz CT molecular complexity index is 441. The lowest BCUT2D eigenvalue weighted by molar-refractivity contribution is 0.414. The minimum Gasteiger partial charge on any atom is -0.497 e. The summed E-state index contributed by atoms with van der Waals surface area (Å²) in [7, 11) is 3.64. The van der Waals surface area contributed by atoms with Gasteiger partial charge in [-0.25, -0.2) is 0 Å². The van der Waals surface area contributed by atoms with E-state index in [4.69, 9.17) is 4.74 Å². The third kappa shape index (κ3) is 4.46. The molecule has 0 saturated heterocycles. The van der Waals surface area contributed by atoms with E-state index < -0.39 is 5.54 Å². The molecule has 1 rings (SSSR count). The molecule has 0 aliphatic rings. The minimum absolute atomic E-state index is 0.548. The van der Waals surface area contributed by atoms with Crippen molar-refractivity contribution in [2.24, 2.45) is 0 Å². The van der Waals surface area contributed by atoms with Gasteiger partial charge in [0.2, 0.25) is 0 Å². The van der Waals surface area contributed by atoms with Gasteiger partial charge in [0, 0.05) is 25.3 Å². The number of nitrogens with one attached hydrogen (secondary N) is 1. The molecule has 1 aromatic rings. The molecule has 1 N–H and O–H groups in total. The Morgan fingerprint density at radius 1 is 1.47 bits per heavy atom. The zero-order valence-electron chi connectivity index (χ0n) is 12.2. The number of nitriles is 1. The largest absolute Gasteiger partial charge is 0.497 e. The minimum atomic E-state index is -0.548. The first kappa shape index (κ1) is 15.3. The van der Waals surface area contributed by atoms with E-state index in [1.165, 1.54) is 0 Å². The van der Waals surface area contributed by atoms with Crippen LogP contribution in [0.25, 0.3) is 0 Å². The number of hydrogen-bond acceptors (Lipinski definition) is 4. The van der Waals surface area contributed by atoms with Crippen LogP contribution in [-0.4, -0.2) is 32.8 Å². The van der Waals surface area contributed by atoms with Crippen LogP contribution < -0.4 is 15.0 Å². The van der Waals surface area contributed by atoms with Crippen molar-refractivity contribution in [3.8, 4) is 11.8 Å². The summed E-state index contributed by atoms with van der Waals surface area (Å²) in [4.78, 5) is 2.06. The predicted molar refractivity (Wildman–Crippen MR) is 78.6 cm³/mol. The molecule has 0 saturated carbocycles. The Morgan fingerprint density at radius 2 is 2.21 bits per heavy atom. The molecule has 0 heterocycles. The van der Waals surface area contributed by atoms with E-state index in [-0.39, 0.29) is 0 Å². The zero-order chi connectivity index (χ0) is 14.3. The fourth-order valence-electron chi connectivity index (χ4n) is 1.95. The van der Waals surface area contributed by atoms with Gasteiger partial charge in [-0.1, -0.05) is 13.0 Å². The van der Waals surface area contributed by atoms with Gasteiger partial charge in [-0.05, 0) is 32.0 Å². The molecule has 0 aromatic heterocycles. The van der Waals surface area contributed by atoms with E-state index in [0.717, 1.165) is 24.4 Å². The van der Waals surface area contributed by atoms with Crippen molar-refractivity contribution in [2.45, 2.75) is 25.8 Å². The second kappa shape index (κ2) is 7.01. The lowest BCUT2D eigenvalue weighted by Gasteiger charge is -2.30. The standard InChI is InChI=1S/C15H23N3O/c1-5-9-17-15(2,11-16)12-18(3)13-7-6-8-14(10-13)19-4/h6-8,10,17H,5,9,12H2,1-4H3. The molecule has 0 spiro atoms. The van der Waals surface area contributed by atoms with Crippen LogP contribution in [0, 0.1) is 11.3 Å². The highest BCUT2D eigenvalue weighted by Gasteiger charge is 2.24. The van der Waals surface area contributed by atoms with Crippen LogP contribution in [0.15, 0.2) is 24.3 Å². The molecule has 0 amide bonds. The first-order valence-corrected chi connectivity index (χ1v) is 6.56. The summed E-state index contributed by atoms with van der Waals surface area (Å²) in [6, 6.07) is 10.2. The fourth-order valence-corrected chi connectivity index (χ4v) is 1.95. The van der Waals surface area contributed by atoms with Crippen molar-refractivity contribution >= 4 is 5.69 Å². The van der Waals surface area contributed by atoms with Gasteiger partial charge in [-0.3, -0.25) is 5.32 Å². The Labute approximate surface area is 116 Å². The van der Waals surface area contributed by atoms with Gasteiger partial charge in [-0.2, -0.15) is 5.26 Å². The fraction of sp³-hybridized carbons (Fsp3) is 0.533. The zero-order valence-corrected chi connectivity index (χ0v) is 12.2. The van der Waals surface area contributed by atoms with Crippen LogP contribution in [0.2, 0.25) is 0 Å². The Hall–Kier alpha value is -1.73. The number of benzene rings is 1. The maximum atomic E-state index is 9.34. The summed E-state index contributed by atoms with van der Waals surface area (Å²) in [5.41, 5.74) is 0.493. The third-order valence-corrected chi connectivity index (χ3v) is 3.06. The predicted octanol–water partition coefficient (Wildman–Crippen LogP) is 2.41. The molecule has 0 radical (unpaired) electrons. The summed E-state index contributed by atoms with van der Waals surface area (Å²) in [6.45, 7) is 5.49. The Morgan fingerprint density at radius 3 is 2.79 bits per heavy atom. The smallest absolute Gasteiger partial charge is 0.121 e. The molecule has 0 bridgehead atoms. The molecular formula is C15H23N3O. The number of ether oxygens (including phenoxy) is 1. The van der Waals surface area contributed by atoms with Crippen LogP contribution in [0.5, 0.6) is 5.75 Å². The molecule has 1 aromatic carbocycles. The normalized spacial score (nSPS) is 13.4. The first-order chi connectivity index (χ1) is 9.04. The third-order valence-electron chi connectivity index (χ3n) is 3.06. The number of likely N-dealkylation sites (N-methyl/N-ethyl adjacent to an activating group) is 1. The van der Waals surface area contributed by atoms with E-state index in [9.17, 15) is 5.26 Å². The van der Waals surface area contributed by atoms with Crippen LogP contribution in [0.1, 0.15) is 20.3 Å². The van der Waals surface area contributed by atoms with Gasteiger partial charge >= 0.3 is 0 Å². The van der Waals surface area contributed by atoms with Gasteiger partial charge in [0.05, 0.1) is 13.2 Å². The average Bonchev–Trinajstić information content (AvgIpc) is 2.45. The number of rotatable bonds is 7. The lowest BCUT2D eigenvalue weighted by atomic mass is 10.0. The number of nitrogens with zero attached hydrogens (tertiary/aromatic N) is 2. The SMILES string of the molecule is CCCNC(C)(C#N)CN(C)c1cccc(OC)c1.